The molecular formula is C40H52N8O5S. The molecule has 2 atom stereocenters. The lowest BCUT2D eigenvalue weighted by molar-refractivity contribution is 0.0409. The van der Waals surface area contributed by atoms with Crippen LogP contribution in [0.4, 0.5) is 0 Å². The number of rotatable bonds is 8. The third kappa shape index (κ3) is 6.72. The Morgan fingerprint density at radius 3 is 2.33 bits per heavy atom. The minimum absolute atomic E-state index is 0.0964. The summed E-state index contributed by atoms with van der Waals surface area (Å²) in [5, 5.41) is 10.2. The van der Waals surface area contributed by atoms with Crippen molar-refractivity contribution in [2.75, 3.05) is 41.3 Å². The third-order valence-electron chi connectivity index (χ3n) is 11.6. The van der Waals surface area contributed by atoms with Crippen molar-refractivity contribution in [2.45, 2.75) is 90.4 Å². The summed E-state index contributed by atoms with van der Waals surface area (Å²) >= 11 is 0. The first-order chi connectivity index (χ1) is 25.7. The van der Waals surface area contributed by atoms with E-state index in [-0.39, 0.29) is 29.6 Å². The van der Waals surface area contributed by atoms with Gasteiger partial charge in [-0.05, 0) is 101 Å². The molecule has 1 N–H and O–H groups in total. The van der Waals surface area contributed by atoms with Crippen LogP contribution in [-0.4, -0.2) is 107 Å². The lowest BCUT2D eigenvalue weighted by Crippen LogP contribution is -2.56. The van der Waals surface area contributed by atoms with Crippen LogP contribution in [0.15, 0.2) is 36.4 Å². The van der Waals surface area contributed by atoms with Gasteiger partial charge in [-0.25, -0.2) is 9.40 Å². The number of fused-ring (bicyclic) bond motifs is 5. The molecule has 4 heterocycles. The van der Waals surface area contributed by atoms with Gasteiger partial charge in [0, 0.05) is 72.9 Å². The fourth-order valence-electron chi connectivity index (χ4n) is 8.41. The molecule has 0 radical (unpaired) electrons. The van der Waals surface area contributed by atoms with Gasteiger partial charge in [0.2, 0.25) is 0 Å². The maximum atomic E-state index is 14.5. The Kier molecular flexibility index (Phi) is 10.2. The highest BCUT2D eigenvalue weighted by atomic mass is 32.2. The number of methoxy groups -OCH3 is 1. The number of amides is 2. The molecule has 2 amide bonds. The fourth-order valence-corrected chi connectivity index (χ4v) is 8.95. The Morgan fingerprint density at radius 2 is 1.69 bits per heavy atom. The van der Waals surface area contributed by atoms with Crippen molar-refractivity contribution >= 4 is 44.6 Å². The van der Waals surface area contributed by atoms with Gasteiger partial charge in [0.1, 0.15) is 5.75 Å². The first-order valence-electron chi connectivity index (χ1n) is 19.0. The summed E-state index contributed by atoms with van der Waals surface area (Å²) in [4.78, 5) is 32.2. The predicted octanol–water partition coefficient (Wildman–Crippen LogP) is 5.79. The van der Waals surface area contributed by atoms with Crippen molar-refractivity contribution < 1.29 is 22.7 Å². The van der Waals surface area contributed by atoms with Crippen LogP contribution < -0.4 is 9.46 Å². The van der Waals surface area contributed by atoms with Crippen molar-refractivity contribution in [3.05, 3.63) is 64.5 Å². The highest BCUT2D eigenvalue weighted by Crippen LogP contribution is 2.48. The fraction of sp³-hybridized carbons (Fsp3) is 0.500. The number of benzene rings is 2. The summed E-state index contributed by atoms with van der Waals surface area (Å²) in [6.07, 6.45) is 7.69. The van der Waals surface area contributed by atoms with Gasteiger partial charge in [-0.2, -0.15) is 12.7 Å². The van der Waals surface area contributed by atoms with Crippen LogP contribution in [0.2, 0.25) is 0 Å². The Labute approximate surface area is 318 Å². The number of allylic oxidation sites excluding steroid dienone is 1. The molecule has 54 heavy (non-hydrogen) atoms. The molecule has 7 rings (SSSR count). The van der Waals surface area contributed by atoms with Crippen LogP contribution in [0.3, 0.4) is 0 Å². The molecule has 0 bridgehead atoms. The minimum atomic E-state index is -4.01. The summed E-state index contributed by atoms with van der Waals surface area (Å²) in [7, 11) is 2.49. The number of ether oxygens (including phenoxy) is 1. The van der Waals surface area contributed by atoms with Crippen molar-refractivity contribution in [1.29, 1.82) is 0 Å². The molecule has 1 saturated carbocycles. The van der Waals surface area contributed by atoms with E-state index in [1.807, 2.05) is 41.6 Å². The van der Waals surface area contributed by atoms with Gasteiger partial charge >= 0.3 is 10.2 Å². The summed E-state index contributed by atoms with van der Waals surface area (Å²) in [5.41, 5.74) is 7.09. The molecule has 2 fully saturated rings. The summed E-state index contributed by atoms with van der Waals surface area (Å²) in [6.45, 7) is 9.85. The molecule has 0 unspecified atom stereocenters. The van der Waals surface area contributed by atoms with Crippen molar-refractivity contribution in [3.8, 4) is 17.0 Å². The van der Waals surface area contributed by atoms with Crippen LogP contribution in [-0.2, 0) is 16.8 Å². The van der Waals surface area contributed by atoms with Gasteiger partial charge in [-0.1, -0.05) is 30.5 Å². The van der Waals surface area contributed by atoms with Gasteiger partial charge < -0.3 is 14.2 Å². The number of aromatic nitrogens is 4. The van der Waals surface area contributed by atoms with Crippen molar-refractivity contribution in [3.63, 3.8) is 0 Å². The second-order valence-corrected chi connectivity index (χ2v) is 17.5. The SMILES string of the molecule is COc1ccc2c(c1)C=C(c1c(C(=O)N3C[C@@H](C)N(C)[C@@H](C)C3)nnn1C(C)C)Cn1c-2c(C2CCCCC2)c2ccc(C(=O)NS(=O)(=O)N(C)C)cc21. The Hall–Kier alpha value is -4.53. The Morgan fingerprint density at radius 1 is 0.981 bits per heavy atom. The lowest BCUT2D eigenvalue weighted by atomic mass is 9.81. The average Bonchev–Trinajstić information content (AvgIpc) is 3.68. The van der Waals surface area contributed by atoms with E-state index < -0.39 is 16.1 Å². The number of piperazine rings is 1. The first-order valence-corrected chi connectivity index (χ1v) is 20.4. The smallest absolute Gasteiger partial charge is 0.303 e. The standard InChI is InChI=1S/C40H52N8O5S/c1-24(2)48-37(36(41-43-48)40(50)46-21-25(3)45(7)26(4)22-46)30-18-29-19-31(53-8)15-17-32(29)38-35(27-12-10-9-11-13-27)33-16-14-28(20-34(33)47(38)23-30)39(49)42-54(51,52)44(5)6/h14-20,24-27H,9-13,21-23H2,1-8H3,(H,42,49)/t25-,26+. The van der Waals surface area contributed by atoms with Crippen LogP contribution in [0.5, 0.6) is 5.75 Å². The quantitative estimate of drug-likeness (QED) is 0.239. The third-order valence-corrected chi connectivity index (χ3v) is 13.0. The molecule has 3 aliphatic rings. The van der Waals surface area contributed by atoms with Gasteiger partial charge in [-0.15, -0.1) is 5.10 Å². The lowest BCUT2D eigenvalue weighted by Gasteiger charge is -2.42. The van der Waals surface area contributed by atoms with Crippen LogP contribution in [0, 0.1) is 0 Å². The number of likely N-dealkylation sites (N-methyl/N-ethyl adjacent to an activating group) is 1. The van der Waals surface area contributed by atoms with Crippen LogP contribution >= 0.6 is 0 Å². The number of hydrogen-bond acceptors (Lipinski definition) is 8. The van der Waals surface area contributed by atoms with Gasteiger partial charge in [-0.3, -0.25) is 14.5 Å². The number of carbonyl (C=O) groups is 2. The van der Waals surface area contributed by atoms with E-state index >= 15 is 0 Å². The molecule has 2 aromatic heterocycles. The number of nitrogens with one attached hydrogen (secondary N) is 1. The molecular weight excluding hydrogens is 705 g/mol. The Balaban J connectivity index is 1.46. The molecule has 13 nitrogen and oxygen atoms in total. The second-order valence-electron chi connectivity index (χ2n) is 15.7. The molecule has 1 aliphatic carbocycles. The molecule has 4 aromatic rings. The summed E-state index contributed by atoms with van der Waals surface area (Å²) in [6, 6.07) is 11.9. The minimum Gasteiger partial charge on any atom is -0.497 e. The molecule has 14 heteroatoms. The molecule has 2 aromatic carbocycles. The summed E-state index contributed by atoms with van der Waals surface area (Å²) < 4.78 is 38.4. The largest absolute Gasteiger partial charge is 0.497 e. The number of nitrogens with zero attached hydrogens (tertiary/aromatic N) is 7. The van der Waals surface area contributed by atoms with Gasteiger partial charge in [0.25, 0.3) is 11.8 Å². The van der Waals surface area contributed by atoms with E-state index in [2.05, 4.69) is 57.5 Å². The van der Waals surface area contributed by atoms with E-state index in [9.17, 15) is 18.0 Å². The molecule has 1 saturated heterocycles. The van der Waals surface area contributed by atoms with E-state index in [1.54, 1.807) is 19.2 Å². The van der Waals surface area contributed by atoms with E-state index in [1.165, 1.54) is 26.1 Å². The highest BCUT2D eigenvalue weighted by molar-refractivity contribution is 7.87. The first kappa shape index (κ1) is 37.8. The number of carbonyl (C=O) groups excluding carboxylic acids is 2. The van der Waals surface area contributed by atoms with Crippen molar-refractivity contribution in [2.24, 2.45) is 0 Å². The van der Waals surface area contributed by atoms with Crippen LogP contribution in [0.25, 0.3) is 33.8 Å². The maximum absolute atomic E-state index is 14.5. The number of hydrogen-bond donors (Lipinski definition) is 1. The zero-order chi connectivity index (χ0) is 38.6. The molecule has 0 spiro atoms. The molecule has 288 valence electrons. The normalized spacial score (nSPS) is 19.8. The highest BCUT2D eigenvalue weighted by Gasteiger charge is 2.36. The van der Waals surface area contributed by atoms with Gasteiger partial charge in [0.05, 0.1) is 25.0 Å². The summed E-state index contributed by atoms with van der Waals surface area (Å²) in [5.74, 6) is 0.146. The maximum Gasteiger partial charge on any atom is 0.303 e. The van der Waals surface area contributed by atoms with Gasteiger partial charge in [0.15, 0.2) is 5.69 Å². The predicted molar refractivity (Wildman–Crippen MR) is 211 cm³/mol. The van der Waals surface area contributed by atoms with E-state index in [0.29, 0.717) is 42.7 Å². The van der Waals surface area contributed by atoms with Crippen LogP contribution in [0.1, 0.15) is 109 Å². The molecule has 2 aliphatic heterocycles. The van der Waals surface area contributed by atoms with Crippen molar-refractivity contribution in [1.82, 2.24) is 38.4 Å². The average molecular weight is 757 g/mol. The monoisotopic (exact) mass is 756 g/mol. The topological polar surface area (TPSA) is 135 Å². The van der Waals surface area contributed by atoms with E-state index in [0.717, 1.165) is 63.3 Å². The second kappa shape index (κ2) is 14.6. The van der Waals surface area contributed by atoms with E-state index in [4.69, 9.17) is 4.74 Å². The Bertz CT molecular complexity index is 2240. The zero-order valence-electron chi connectivity index (χ0n) is 32.6. The zero-order valence-corrected chi connectivity index (χ0v) is 33.4.